The molecular weight excluding hydrogens is 288 g/mol. The van der Waals surface area contributed by atoms with E-state index in [2.05, 4.69) is 10.3 Å². The van der Waals surface area contributed by atoms with Crippen LogP contribution in [0.4, 0.5) is 5.69 Å². The number of nitrogens with zero attached hydrogens (tertiary/aromatic N) is 1. The number of nitrogens with one attached hydrogen (secondary N) is 1. The van der Waals surface area contributed by atoms with Crippen molar-refractivity contribution >= 4 is 39.7 Å². The van der Waals surface area contributed by atoms with Crippen LogP contribution in [0.15, 0.2) is 47.8 Å². The third-order valence-electron chi connectivity index (χ3n) is 2.92. The molecule has 3 aromatic rings. The molecule has 1 amide bonds. The van der Waals surface area contributed by atoms with Crippen molar-refractivity contribution in [1.29, 1.82) is 0 Å². The first-order chi connectivity index (χ1) is 10.1. The third kappa shape index (κ3) is 2.75. The highest BCUT2D eigenvalue weighted by Crippen LogP contribution is 2.20. The summed E-state index contributed by atoms with van der Waals surface area (Å²) in [6.07, 6.45) is 0. The summed E-state index contributed by atoms with van der Waals surface area (Å²) in [6.45, 7) is 0. The number of fused-ring (bicyclic) bond motifs is 1. The molecule has 0 fully saturated rings. The number of carboxylic acid groups (broad SMARTS) is 1. The maximum atomic E-state index is 12.0. The van der Waals surface area contributed by atoms with Crippen LogP contribution in [0.1, 0.15) is 20.3 Å². The Morgan fingerprint density at radius 2 is 1.86 bits per heavy atom. The van der Waals surface area contributed by atoms with Crippen LogP contribution in [0.25, 0.3) is 10.8 Å². The molecule has 0 bridgehead atoms. The molecule has 0 radical (unpaired) electrons. The van der Waals surface area contributed by atoms with Gasteiger partial charge >= 0.3 is 5.97 Å². The first kappa shape index (κ1) is 13.3. The monoisotopic (exact) mass is 298 g/mol. The zero-order valence-corrected chi connectivity index (χ0v) is 11.6. The molecule has 2 aromatic carbocycles. The van der Waals surface area contributed by atoms with Crippen molar-refractivity contribution in [2.45, 2.75) is 0 Å². The van der Waals surface area contributed by atoms with E-state index in [4.69, 9.17) is 5.11 Å². The predicted molar refractivity (Wildman–Crippen MR) is 81.0 cm³/mol. The van der Waals surface area contributed by atoms with Gasteiger partial charge in [0.15, 0.2) is 10.7 Å². The summed E-state index contributed by atoms with van der Waals surface area (Å²) < 4.78 is 0. The van der Waals surface area contributed by atoms with Crippen molar-refractivity contribution in [3.8, 4) is 0 Å². The Balaban J connectivity index is 1.83. The summed E-state index contributed by atoms with van der Waals surface area (Å²) in [5.74, 6) is -1.56. The van der Waals surface area contributed by atoms with Crippen molar-refractivity contribution < 1.29 is 14.7 Å². The van der Waals surface area contributed by atoms with Crippen LogP contribution in [0, 0.1) is 0 Å². The fourth-order valence-electron chi connectivity index (χ4n) is 1.93. The molecule has 0 saturated carbocycles. The Bertz CT molecular complexity index is 842. The molecule has 0 unspecified atom stereocenters. The Labute approximate surface area is 123 Å². The van der Waals surface area contributed by atoms with E-state index in [1.54, 1.807) is 6.07 Å². The maximum absolute atomic E-state index is 12.0. The second kappa shape index (κ2) is 5.34. The molecule has 0 atom stereocenters. The van der Waals surface area contributed by atoms with Crippen molar-refractivity contribution in [2.75, 3.05) is 5.32 Å². The third-order valence-corrected chi connectivity index (χ3v) is 3.77. The Kier molecular flexibility index (Phi) is 3.37. The molecule has 0 aliphatic rings. The molecule has 104 valence electrons. The highest BCUT2D eigenvalue weighted by atomic mass is 32.1. The van der Waals surface area contributed by atoms with Crippen molar-refractivity contribution in [1.82, 2.24) is 4.98 Å². The van der Waals surface area contributed by atoms with Crippen LogP contribution in [0.5, 0.6) is 0 Å². The zero-order chi connectivity index (χ0) is 14.8. The lowest BCUT2D eigenvalue weighted by atomic mass is 10.1. The number of hydrogen-bond acceptors (Lipinski definition) is 4. The lowest BCUT2D eigenvalue weighted by Gasteiger charge is -2.04. The van der Waals surface area contributed by atoms with Crippen molar-refractivity contribution in [2.24, 2.45) is 0 Å². The molecular formula is C15H10N2O3S. The standard InChI is InChI=1S/C15H10N2O3S/c18-13(14-17-12(8-21-14)15(19)20)16-11-6-5-9-3-1-2-4-10(9)7-11/h1-8H,(H,16,18)(H,19,20). The number of thiazole rings is 1. The molecule has 0 spiro atoms. The van der Waals surface area contributed by atoms with Crippen LogP contribution in [-0.4, -0.2) is 22.0 Å². The summed E-state index contributed by atoms with van der Waals surface area (Å²) in [6, 6.07) is 13.4. The van der Waals surface area contributed by atoms with Crippen LogP contribution < -0.4 is 5.32 Å². The van der Waals surface area contributed by atoms with Gasteiger partial charge in [-0.15, -0.1) is 11.3 Å². The fraction of sp³-hybridized carbons (Fsp3) is 0. The average molecular weight is 298 g/mol. The lowest BCUT2D eigenvalue weighted by molar-refractivity contribution is 0.0691. The van der Waals surface area contributed by atoms with E-state index < -0.39 is 11.9 Å². The van der Waals surface area contributed by atoms with Gasteiger partial charge in [-0.1, -0.05) is 30.3 Å². The highest BCUT2D eigenvalue weighted by molar-refractivity contribution is 7.12. The molecule has 0 aliphatic carbocycles. The fourth-order valence-corrected chi connectivity index (χ4v) is 2.61. The van der Waals surface area contributed by atoms with Gasteiger partial charge in [0.05, 0.1) is 0 Å². The zero-order valence-electron chi connectivity index (χ0n) is 10.7. The smallest absolute Gasteiger partial charge is 0.355 e. The first-order valence-corrected chi connectivity index (χ1v) is 7.00. The van der Waals surface area contributed by atoms with E-state index >= 15 is 0 Å². The van der Waals surface area contributed by atoms with Crippen LogP contribution in [0.3, 0.4) is 0 Å². The molecule has 1 aromatic heterocycles. The number of aromatic carboxylic acids is 1. The van der Waals surface area contributed by atoms with Gasteiger partial charge in [-0.2, -0.15) is 0 Å². The van der Waals surface area contributed by atoms with Crippen molar-refractivity contribution in [3.05, 3.63) is 58.5 Å². The normalized spacial score (nSPS) is 10.5. The van der Waals surface area contributed by atoms with E-state index in [1.165, 1.54) is 5.38 Å². The van der Waals surface area contributed by atoms with E-state index in [9.17, 15) is 9.59 Å². The van der Waals surface area contributed by atoms with E-state index in [-0.39, 0.29) is 10.7 Å². The topological polar surface area (TPSA) is 79.3 Å². The van der Waals surface area contributed by atoms with E-state index in [1.807, 2.05) is 36.4 Å². The van der Waals surface area contributed by atoms with Gasteiger partial charge in [-0.3, -0.25) is 4.79 Å². The number of anilines is 1. The minimum atomic E-state index is -1.14. The molecule has 0 aliphatic heterocycles. The molecule has 21 heavy (non-hydrogen) atoms. The first-order valence-electron chi connectivity index (χ1n) is 6.12. The number of rotatable bonds is 3. The number of carboxylic acids is 1. The number of carbonyl (C=O) groups is 2. The minimum Gasteiger partial charge on any atom is -0.476 e. The van der Waals surface area contributed by atoms with Crippen molar-refractivity contribution in [3.63, 3.8) is 0 Å². The minimum absolute atomic E-state index is 0.122. The SMILES string of the molecule is O=C(O)c1csc(C(=O)Nc2ccc3ccccc3c2)n1. The Hall–Kier alpha value is -2.73. The molecule has 2 N–H and O–H groups in total. The average Bonchev–Trinajstić information content (AvgIpc) is 2.97. The second-order valence-corrected chi connectivity index (χ2v) is 5.22. The van der Waals surface area contributed by atoms with Crippen LogP contribution >= 0.6 is 11.3 Å². The summed E-state index contributed by atoms with van der Waals surface area (Å²) in [7, 11) is 0. The van der Waals surface area contributed by atoms with Gasteiger partial charge in [0.2, 0.25) is 0 Å². The summed E-state index contributed by atoms with van der Waals surface area (Å²) >= 11 is 1.00. The van der Waals surface area contributed by atoms with Crippen LogP contribution in [0.2, 0.25) is 0 Å². The number of carbonyl (C=O) groups excluding carboxylic acids is 1. The van der Waals surface area contributed by atoms with Gasteiger partial charge in [-0.25, -0.2) is 9.78 Å². The predicted octanol–water partition coefficient (Wildman–Crippen LogP) is 3.25. The van der Waals surface area contributed by atoms with Gasteiger partial charge in [0, 0.05) is 11.1 Å². The van der Waals surface area contributed by atoms with Gasteiger partial charge in [-0.05, 0) is 22.9 Å². The molecule has 3 rings (SSSR count). The number of aromatic nitrogens is 1. The second-order valence-electron chi connectivity index (χ2n) is 4.36. The van der Waals surface area contributed by atoms with Crippen LogP contribution in [-0.2, 0) is 0 Å². The summed E-state index contributed by atoms with van der Waals surface area (Å²) in [5.41, 5.74) is 0.523. The van der Waals surface area contributed by atoms with E-state index in [0.717, 1.165) is 22.1 Å². The molecule has 5 nitrogen and oxygen atoms in total. The van der Waals surface area contributed by atoms with Gasteiger partial charge < -0.3 is 10.4 Å². The quantitative estimate of drug-likeness (QED) is 0.778. The Morgan fingerprint density at radius 1 is 1.10 bits per heavy atom. The number of hydrogen-bond donors (Lipinski definition) is 2. The Morgan fingerprint density at radius 3 is 2.57 bits per heavy atom. The van der Waals surface area contributed by atoms with E-state index in [0.29, 0.717) is 5.69 Å². The maximum Gasteiger partial charge on any atom is 0.355 e. The molecule has 0 saturated heterocycles. The molecule has 6 heteroatoms. The number of amides is 1. The summed E-state index contributed by atoms with van der Waals surface area (Å²) in [5, 5.41) is 15.1. The highest BCUT2D eigenvalue weighted by Gasteiger charge is 2.14. The number of benzene rings is 2. The van der Waals surface area contributed by atoms with Gasteiger partial charge in [0.1, 0.15) is 0 Å². The summed E-state index contributed by atoms with van der Waals surface area (Å²) in [4.78, 5) is 26.6. The van der Waals surface area contributed by atoms with Gasteiger partial charge in [0.25, 0.3) is 5.91 Å². The molecule has 1 heterocycles. The largest absolute Gasteiger partial charge is 0.476 e. The lowest BCUT2D eigenvalue weighted by Crippen LogP contribution is -2.12.